The predicted octanol–water partition coefficient (Wildman–Crippen LogP) is 7.80. The summed E-state index contributed by atoms with van der Waals surface area (Å²) in [5, 5.41) is 10.3. The van der Waals surface area contributed by atoms with Crippen LogP contribution in [0.3, 0.4) is 0 Å². The van der Waals surface area contributed by atoms with E-state index in [4.69, 9.17) is 0 Å². The van der Waals surface area contributed by atoms with Crippen molar-refractivity contribution in [3.05, 3.63) is 23.8 Å². The lowest BCUT2D eigenvalue weighted by Crippen LogP contribution is -2.48. The normalized spacial score (nSPS) is 45.6. The Morgan fingerprint density at radius 3 is 2.53 bits per heavy atom. The molecule has 170 valence electrons. The molecule has 0 heterocycles. The average Bonchev–Trinajstić information content (AvgIpc) is 3.06. The van der Waals surface area contributed by atoms with Crippen LogP contribution in [0, 0.1) is 52.3 Å². The van der Waals surface area contributed by atoms with Crippen LogP contribution in [0.15, 0.2) is 23.8 Å². The summed E-state index contributed by atoms with van der Waals surface area (Å²) in [6, 6.07) is 0. The van der Waals surface area contributed by atoms with Crippen LogP contribution >= 0.6 is 0 Å². The summed E-state index contributed by atoms with van der Waals surface area (Å²) < 4.78 is 0. The first-order valence-electron chi connectivity index (χ1n) is 13.3. The second-order valence-electron chi connectivity index (χ2n) is 12.4. The van der Waals surface area contributed by atoms with Gasteiger partial charge < -0.3 is 5.11 Å². The van der Waals surface area contributed by atoms with Crippen LogP contribution in [0.25, 0.3) is 0 Å². The van der Waals surface area contributed by atoms with Gasteiger partial charge in [-0.25, -0.2) is 0 Å². The Kier molecular flexibility index (Phi) is 6.35. The standard InChI is InChI=1S/C29H48O/c1-7-21(19(2)3)9-8-20(4)25-12-13-26-24-11-10-22-18-23(30)14-16-28(22,5)27(24)15-17-29(25,26)6/h8-9,15,19-26,30H,7,10-14,16-18H2,1-6H3/b9-8+/t20-,21+,22-,23-,24-,25+,26-,28-,29+/m0/s1. The number of hydrogen-bond donors (Lipinski definition) is 1. The molecule has 0 bridgehead atoms. The number of aliphatic hydroxyl groups excluding tert-OH is 1. The van der Waals surface area contributed by atoms with Crippen LogP contribution in [0.4, 0.5) is 0 Å². The topological polar surface area (TPSA) is 20.2 Å². The van der Waals surface area contributed by atoms with E-state index in [0.717, 1.165) is 42.4 Å². The Morgan fingerprint density at radius 2 is 1.83 bits per heavy atom. The van der Waals surface area contributed by atoms with Gasteiger partial charge in [0.1, 0.15) is 0 Å². The molecular weight excluding hydrogens is 364 g/mol. The third-order valence-electron chi connectivity index (χ3n) is 10.7. The third kappa shape index (κ3) is 3.66. The molecule has 1 nitrogen and oxygen atoms in total. The molecule has 0 unspecified atom stereocenters. The zero-order valence-corrected chi connectivity index (χ0v) is 20.7. The highest BCUT2D eigenvalue weighted by atomic mass is 16.3. The van der Waals surface area contributed by atoms with Gasteiger partial charge in [0.25, 0.3) is 0 Å². The molecule has 3 saturated carbocycles. The molecule has 0 saturated heterocycles. The van der Waals surface area contributed by atoms with Crippen molar-refractivity contribution in [2.45, 2.75) is 105 Å². The smallest absolute Gasteiger partial charge is 0.0543 e. The molecule has 0 aromatic rings. The van der Waals surface area contributed by atoms with E-state index in [-0.39, 0.29) is 6.10 Å². The van der Waals surface area contributed by atoms with Crippen LogP contribution in [0.2, 0.25) is 0 Å². The van der Waals surface area contributed by atoms with Gasteiger partial charge >= 0.3 is 0 Å². The van der Waals surface area contributed by atoms with Crippen LogP contribution in [0.1, 0.15) is 99.3 Å². The van der Waals surface area contributed by atoms with E-state index >= 15 is 0 Å². The maximum atomic E-state index is 10.3. The van der Waals surface area contributed by atoms with Crippen molar-refractivity contribution in [1.82, 2.24) is 0 Å². The number of aliphatic hydroxyl groups is 1. The zero-order valence-electron chi connectivity index (χ0n) is 20.7. The lowest BCUT2D eigenvalue weighted by atomic mass is 9.48. The summed E-state index contributed by atoms with van der Waals surface area (Å²) in [6.45, 7) is 14.8. The van der Waals surface area contributed by atoms with E-state index < -0.39 is 0 Å². The monoisotopic (exact) mass is 412 g/mol. The SMILES string of the molecule is CC[C@H](/C=C/[C@H](C)[C@H]1CC[C@H]2[C@@H]3CC[C@H]4C[C@@H](O)CC[C@]4(C)C3=CC[C@]12C)C(C)C. The van der Waals surface area contributed by atoms with Gasteiger partial charge in [-0.1, -0.05) is 65.3 Å². The molecule has 0 radical (unpaired) electrons. The van der Waals surface area contributed by atoms with E-state index in [1.54, 1.807) is 0 Å². The highest BCUT2D eigenvalue weighted by Crippen LogP contribution is 2.66. The molecule has 9 atom stereocenters. The molecule has 0 aromatic heterocycles. The average molecular weight is 413 g/mol. The molecule has 30 heavy (non-hydrogen) atoms. The van der Waals surface area contributed by atoms with E-state index in [2.05, 4.69) is 59.8 Å². The molecule has 0 amide bonds. The van der Waals surface area contributed by atoms with Gasteiger partial charge in [-0.2, -0.15) is 0 Å². The molecule has 0 aromatic carbocycles. The van der Waals surface area contributed by atoms with Gasteiger partial charge in [0.05, 0.1) is 6.10 Å². The summed E-state index contributed by atoms with van der Waals surface area (Å²) in [4.78, 5) is 0. The van der Waals surface area contributed by atoms with Crippen molar-refractivity contribution in [2.75, 3.05) is 0 Å². The molecule has 4 aliphatic carbocycles. The van der Waals surface area contributed by atoms with Gasteiger partial charge in [-0.05, 0) is 110 Å². The second-order valence-corrected chi connectivity index (χ2v) is 12.4. The van der Waals surface area contributed by atoms with E-state index in [1.165, 1.54) is 44.9 Å². The molecule has 4 aliphatic rings. The fraction of sp³-hybridized carbons (Fsp3) is 0.862. The minimum Gasteiger partial charge on any atom is -0.393 e. The minimum atomic E-state index is -0.0460. The Labute approximate surface area is 186 Å². The van der Waals surface area contributed by atoms with Gasteiger partial charge in [0.2, 0.25) is 0 Å². The minimum absolute atomic E-state index is 0.0460. The summed E-state index contributed by atoms with van der Waals surface area (Å²) in [7, 11) is 0. The van der Waals surface area contributed by atoms with Gasteiger partial charge in [0, 0.05) is 0 Å². The lowest BCUT2D eigenvalue weighted by molar-refractivity contribution is -0.0141. The number of rotatable bonds is 5. The molecule has 0 aliphatic heterocycles. The predicted molar refractivity (Wildman–Crippen MR) is 128 cm³/mol. The first-order valence-corrected chi connectivity index (χ1v) is 13.3. The summed E-state index contributed by atoms with van der Waals surface area (Å²) in [5.41, 5.74) is 2.68. The largest absolute Gasteiger partial charge is 0.393 e. The van der Waals surface area contributed by atoms with Crippen LogP contribution in [-0.4, -0.2) is 11.2 Å². The molecule has 1 heteroatoms. The van der Waals surface area contributed by atoms with Crippen LogP contribution < -0.4 is 0 Å². The first kappa shape index (κ1) is 22.6. The lowest BCUT2D eigenvalue weighted by Gasteiger charge is -2.57. The third-order valence-corrected chi connectivity index (χ3v) is 10.7. The number of hydrogen-bond acceptors (Lipinski definition) is 1. The highest BCUT2D eigenvalue weighted by Gasteiger charge is 2.57. The number of allylic oxidation sites excluding steroid dienone is 4. The second kappa shape index (κ2) is 8.42. The maximum Gasteiger partial charge on any atom is 0.0543 e. The highest BCUT2D eigenvalue weighted by molar-refractivity contribution is 5.29. The van der Waals surface area contributed by atoms with E-state index in [9.17, 15) is 5.11 Å². The Bertz CT molecular complexity index is 674. The fourth-order valence-corrected chi connectivity index (χ4v) is 8.69. The van der Waals surface area contributed by atoms with Crippen LogP contribution in [-0.2, 0) is 0 Å². The molecule has 4 rings (SSSR count). The Hall–Kier alpha value is -0.560. The van der Waals surface area contributed by atoms with Crippen molar-refractivity contribution < 1.29 is 5.11 Å². The van der Waals surface area contributed by atoms with E-state index in [1.807, 2.05) is 5.57 Å². The fourth-order valence-electron chi connectivity index (χ4n) is 8.69. The van der Waals surface area contributed by atoms with Gasteiger partial charge in [-0.3, -0.25) is 0 Å². The van der Waals surface area contributed by atoms with Crippen molar-refractivity contribution in [3.63, 3.8) is 0 Å². The molecule has 3 fully saturated rings. The zero-order chi connectivity index (χ0) is 21.7. The van der Waals surface area contributed by atoms with Gasteiger partial charge in [-0.15, -0.1) is 0 Å². The Balaban J connectivity index is 1.54. The van der Waals surface area contributed by atoms with Crippen molar-refractivity contribution >= 4 is 0 Å². The number of fused-ring (bicyclic) bond motifs is 5. The van der Waals surface area contributed by atoms with Crippen molar-refractivity contribution in [3.8, 4) is 0 Å². The summed E-state index contributed by atoms with van der Waals surface area (Å²) in [5.74, 6) is 5.42. The first-order chi connectivity index (χ1) is 14.2. The van der Waals surface area contributed by atoms with Crippen molar-refractivity contribution in [2.24, 2.45) is 52.3 Å². The van der Waals surface area contributed by atoms with Crippen molar-refractivity contribution in [1.29, 1.82) is 0 Å². The molecule has 0 spiro atoms. The summed E-state index contributed by atoms with van der Waals surface area (Å²) >= 11 is 0. The van der Waals surface area contributed by atoms with E-state index in [0.29, 0.717) is 22.7 Å². The quantitative estimate of drug-likeness (QED) is 0.457. The Morgan fingerprint density at radius 1 is 1.07 bits per heavy atom. The van der Waals surface area contributed by atoms with Crippen LogP contribution in [0.5, 0.6) is 0 Å². The maximum absolute atomic E-state index is 10.3. The molecular formula is C29H48O. The molecule has 1 N–H and O–H groups in total. The summed E-state index contributed by atoms with van der Waals surface area (Å²) in [6.07, 6.45) is 19.2. The van der Waals surface area contributed by atoms with Gasteiger partial charge in [0.15, 0.2) is 0 Å².